The maximum absolute atomic E-state index is 12.6. The van der Waals surface area contributed by atoms with E-state index in [1.54, 1.807) is 22.9 Å². The number of halogens is 2. The number of H-pyrrole nitrogens is 1. The van der Waals surface area contributed by atoms with Crippen molar-refractivity contribution in [3.8, 4) is 22.6 Å². The van der Waals surface area contributed by atoms with E-state index in [1.165, 1.54) is 0 Å². The van der Waals surface area contributed by atoms with Crippen molar-refractivity contribution in [1.29, 1.82) is 0 Å². The maximum Gasteiger partial charge on any atom is 0.259 e. The smallest absolute Gasteiger partial charge is 0.259 e. The molecule has 0 atom stereocenters. The van der Waals surface area contributed by atoms with Gasteiger partial charge in [-0.05, 0) is 29.8 Å². The zero-order valence-corrected chi connectivity index (χ0v) is 17.7. The minimum absolute atomic E-state index is 0.187. The van der Waals surface area contributed by atoms with Crippen molar-refractivity contribution >= 4 is 34.1 Å². The number of benzene rings is 3. The molecule has 0 aliphatic carbocycles. The van der Waals surface area contributed by atoms with E-state index in [0.717, 1.165) is 22.4 Å². The van der Waals surface area contributed by atoms with Gasteiger partial charge in [0.2, 0.25) is 0 Å². The molecule has 31 heavy (non-hydrogen) atoms. The van der Waals surface area contributed by atoms with E-state index in [9.17, 15) is 4.79 Å². The number of para-hydroxylation sites is 1. The molecule has 3 aromatic carbocycles. The minimum atomic E-state index is -0.187. The fourth-order valence-corrected chi connectivity index (χ4v) is 3.99. The second-order valence-corrected chi connectivity index (χ2v) is 7.97. The van der Waals surface area contributed by atoms with Gasteiger partial charge in [0.25, 0.3) is 5.56 Å². The van der Waals surface area contributed by atoms with Crippen LogP contribution in [0.1, 0.15) is 5.56 Å². The van der Waals surface area contributed by atoms with Crippen molar-refractivity contribution in [1.82, 2.24) is 19.7 Å². The lowest BCUT2D eigenvalue weighted by molar-refractivity contribution is 0.689. The van der Waals surface area contributed by atoms with Gasteiger partial charge in [-0.1, -0.05) is 71.7 Å². The van der Waals surface area contributed by atoms with Crippen LogP contribution in [0, 0.1) is 0 Å². The Bertz CT molecular complexity index is 1460. The van der Waals surface area contributed by atoms with Gasteiger partial charge >= 0.3 is 0 Å². The third-order valence-electron chi connectivity index (χ3n) is 5.02. The number of hydrogen-bond acceptors (Lipinski definition) is 3. The van der Waals surface area contributed by atoms with E-state index in [1.807, 2.05) is 60.8 Å². The van der Waals surface area contributed by atoms with Crippen LogP contribution in [0.2, 0.25) is 10.0 Å². The number of rotatable bonds is 4. The first kappa shape index (κ1) is 19.5. The molecule has 0 spiro atoms. The Morgan fingerprint density at radius 1 is 0.935 bits per heavy atom. The second-order valence-electron chi connectivity index (χ2n) is 7.12. The summed E-state index contributed by atoms with van der Waals surface area (Å²) in [6.45, 7) is 0.452. The number of nitrogens with one attached hydrogen (secondary N) is 1. The van der Waals surface area contributed by atoms with E-state index in [2.05, 4.69) is 9.97 Å². The van der Waals surface area contributed by atoms with Gasteiger partial charge in [-0.2, -0.15) is 5.10 Å². The summed E-state index contributed by atoms with van der Waals surface area (Å²) >= 11 is 12.4. The molecular weight excluding hydrogens is 431 g/mol. The van der Waals surface area contributed by atoms with Crippen LogP contribution < -0.4 is 5.56 Å². The first-order valence-corrected chi connectivity index (χ1v) is 10.4. The molecule has 0 fully saturated rings. The Hall–Kier alpha value is -3.41. The molecule has 7 heteroatoms. The van der Waals surface area contributed by atoms with Crippen molar-refractivity contribution < 1.29 is 0 Å². The van der Waals surface area contributed by atoms with Crippen LogP contribution in [0.15, 0.2) is 83.8 Å². The van der Waals surface area contributed by atoms with Crippen LogP contribution in [0.3, 0.4) is 0 Å². The minimum Gasteiger partial charge on any atom is -0.306 e. The lowest BCUT2D eigenvalue weighted by atomic mass is 10.1. The predicted octanol–water partition coefficient (Wildman–Crippen LogP) is 5.81. The lowest BCUT2D eigenvalue weighted by Crippen LogP contribution is -2.09. The fourth-order valence-electron chi connectivity index (χ4n) is 3.52. The summed E-state index contributed by atoms with van der Waals surface area (Å²) in [5.74, 6) is 0.469. The monoisotopic (exact) mass is 446 g/mol. The molecule has 5 aromatic rings. The molecular formula is C24H16Cl2N4O. The van der Waals surface area contributed by atoms with E-state index in [4.69, 9.17) is 28.3 Å². The molecule has 1 N–H and O–H groups in total. The van der Waals surface area contributed by atoms with Crippen molar-refractivity contribution in [2.75, 3.05) is 0 Å². The molecule has 0 saturated heterocycles. The highest BCUT2D eigenvalue weighted by atomic mass is 35.5. The van der Waals surface area contributed by atoms with Crippen LogP contribution in [-0.2, 0) is 6.54 Å². The van der Waals surface area contributed by atoms with E-state index < -0.39 is 0 Å². The van der Waals surface area contributed by atoms with Gasteiger partial charge in [-0.25, -0.2) is 4.98 Å². The Kier molecular flexibility index (Phi) is 5.06. The Morgan fingerprint density at radius 3 is 2.52 bits per heavy atom. The van der Waals surface area contributed by atoms with Crippen LogP contribution in [0.25, 0.3) is 33.5 Å². The standard InChI is InChI=1S/C24H16Cl2N4O/c25-17-11-10-16(20(26)12-17)13-30-14-19(22(29-30)15-6-2-1-3-7-15)23-27-21-9-5-4-8-18(21)24(31)28-23/h1-12,14H,13H2,(H,27,28,31). The van der Waals surface area contributed by atoms with Gasteiger partial charge < -0.3 is 4.98 Å². The van der Waals surface area contributed by atoms with E-state index in [-0.39, 0.29) is 5.56 Å². The SMILES string of the molecule is O=c1[nH]c(-c2cn(Cc3ccc(Cl)cc3Cl)nc2-c2ccccc2)nc2ccccc12. The number of hydrogen-bond donors (Lipinski definition) is 1. The van der Waals surface area contributed by atoms with Crippen molar-refractivity contribution in [2.24, 2.45) is 0 Å². The second kappa shape index (κ2) is 8.02. The van der Waals surface area contributed by atoms with Gasteiger partial charge in [0, 0.05) is 21.8 Å². The Morgan fingerprint density at radius 2 is 1.71 bits per heavy atom. The third kappa shape index (κ3) is 3.85. The molecule has 2 aromatic heterocycles. The molecule has 152 valence electrons. The first-order valence-electron chi connectivity index (χ1n) is 9.65. The largest absolute Gasteiger partial charge is 0.306 e. The molecule has 0 unspecified atom stereocenters. The zero-order valence-electron chi connectivity index (χ0n) is 16.2. The van der Waals surface area contributed by atoms with Gasteiger partial charge in [-0.15, -0.1) is 0 Å². The van der Waals surface area contributed by atoms with E-state index >= 15 is 0 Å². The summed E-state index contributed by atoms with van der Waals surface area (Å²) in [5.41, 5.74) is 3.72. The van der Waals surface area contributed by atoms with Gasteiger partial charge in [-0.3, -0.25) is 9.48 Å². The van der Waals surface area contributed by atoms with Crippen LogP contribution in [0.4, 0.5) is 0 Å². The van der Waals surface area contributed by atoms with Crippen molar-refractivity contribution in [3.63, 3.8) is 0 Å². The Labute approximate surface area is 187 Å². The highest BCUT2D eigenvalue weighted by Gasteiger charge is 2.17. The normalized spacial score (nSPS) is 11.2. The molecule has 5 rings (SSSR count). The quantitative estimate of drug-likeness (QED) is 0.378. The number of aromatic nitrogens is 4. The fraction of sp³-hybridized carbons (Fsp3) is 0.0417. The number of nitrogens with zero attached hydrogens (tertiary/aromatic N) is 3. The van der Waals surface area contributed by atoms with Crippen molar-refractivity contribution in [2.45, 2.75) is 6.54 Å². The average Bonchev–Trinajstić information content (AvgIpc) is 3.20. The maximum atomic E-state index is 12.6. The van der Waals surface area contributed by atoms with Crippen molar-refractivity contribution in [3.05, 3.63) is 105 Å². The third-order valence-corrected chi connectivity index (χ3v) is 5.61. The van der Waals surface area contributed by atoms with E-state index in [0.29, 0.717) is 33.3 Å². The average molecular weight is 447 g/mol. The summed E-state index contributed by atoms with van der Waals surface area (Å²) in [6, 6.07) is 22.5. The molecule has 0 amide bonds. The molecule has 5 nitrogen and oxygen atoms in total. The lowest BCUT2D eigenvalue weighted by Gasteiger charge is -2.05. The number of fused-ring (bicyclic) bond motifs is 1. The molecule has 0 bridgehead atoms. The molecule has 2 heterocycles. The summed E-state index contributed by atoms with van der Waals surface area (Å²) in [4.78, 5) is 20.2. The van der Waals surface area contributed by atoms with Gasteiger partial charge in [0.15, 0.2) is 0 Å². The van der Waals surface area contributed by atoms with Gasteiger partial charge in [0.1, 0.15) is 11.5 Å². The molecule has 0 saturated carbocycles. The molecule has 0 aliphatic heterocycles. The van der Waals surface area contributed by atoms with Crippen LogP contribution in [-0.4, -0.2) is 19.7 Å². The van der Waals surface area contributed by atoms with Gasteiger partial charge in [0.05, 0.1) is 23.0 Å². The number of aromatic amines is 1. The highest BCUT2D eigenvalue weighted by molar-refractivity contribution is 6.35. The zero-order chi connectivity index (χ0) is 21.4. The molecule has 0 radical (unpaired) electrons. The molecule has 0 aliphatic rings. The Balaban J connectivity index is 1.66. The predicted molar refractivity (Wildman–Crippen MR) is 125 cm³/mol. The van der Waals surface area contributed by atoms with Crippen LogP contribution in [0.5, 0.6) is 0 Å². The summed E-state index contributed by atoms with van der Waals surface area (Å²) in [7, 11) is 0. The summed E-state index contributed by atoms with van der Waals surface area (Å²) in [6.07, 6.45) is 1.88. The highest BCUT2D eigenvalue weighted by Crippen LogP contribution is 2.30. The first-order chi connectivity index (χ1) is 15.1. The van der Waals surface area contributed by atoms with Crippen LogP contribution >= 0.6 is 23.2 Å². The summed E-state index contributed by atoms with van der Waals surface area (Å²) < 4.78 is 1.79. The summed E-state index contributed by atoms with van der Waals surface area (Å²) in [5, 5.41) is 6.49. The topological polar surface area (TPSA) is 63.6 Å².